The predicted octanol–water partition coefficient (Wildman–Crippen LogP) is 1.07. The van der Waals surface area contributed by atoms with Crippen LogP contribution in [-0.4, -0.2) is 8.42 Å². The first-order valence-corrected chi connectivity index (χ1v) is 5.85. The van der Waals surface area contributed by atoms with E-state index in [0.29, 0.717) is 16.5 Å². The number of primary sulfonamides is 1. The first kappa shape index (κ1) is 9.95. The van der Waals surface area contributed by atoms with Crippen molar-refractivity contribution in [1.82, 2.24) is 0 Å². The Morgan fingerprint density at radius 1 is 0.933 bits per heavy atom. The number of hydrogen-bond donors (Lipinski definition) is 2. The summed E-state index contributed by atoms with van der Waals surface area (Å²) in [6.07, 6.45) is 0. The summed E-state index contributed by atoms with van der Waals surface area (Å²) in [5.74, 6) is 0. The highest BCUT2D eigenvalue weighted by Gasteiger charge is 2.12. The fourth-order valence-corrected chi connectivity index (χ4v) is 2.31. The Morgan fingerprint density at radius 2 is 1.53 bits per heavy atom. The summed E-state index contributed by atoms with van der Waals surface area (Å²) in [6.45, 7) is 0. The van der Waals surface area contributed by atoms with Gasteiger partial charge in [-0.2, -0.15) is 0 Å². The van der Waals surface area contributed by atoms with E-state index in [9.17, 15) is 8.42 Å². The number of benzene rings is 2. The number of fused-ring (bicyclic) bond motifs is 1. The lowest BCUT2D eigenvalue weighted by Gasteiger charge is -2.05. The highest BCUT2D eigenvalue weighted by molar-refractivity contribution is 7.89. The summed E-state index contributed by atoms with van der Waals surface area (Å²) < 4.78 is 22.6. The molecule has 0 atom stereocenters. The molecule has 0 heterocycles. The minimum absolute atomic E-state index is 0.104. The topological polar surface area (TPSA) is 86.2 Å². The third kappa shape index (κ3) is 1.67. The zero-order valence-electron chi connectivity index (χ0n) is 7.84. The standard InChI is InChI=1S/C10H10N2O2S/c11-9-5-1-4-8-7(9)3-2-6-10(8)15(12,13)14/h1-6H,11H2,(H2,12,13,14). The van der Waals surface area contributed by atoms with Crippen LogP contribution in [0.4, 0.5) is 5.69 Å². The molecule has 0 saturated heterocycles. The molecule has 0 bridgehead atoms. The average Bonchev–Trinajstić information content (AvgIpc) is 2.16. The lowest BCUT2D eigenvalue weighted by atomic mass is 10.1. The van der Waals surface area contributed by atoms with Gasteiger partial charge in [0, 0.05) is 16.5 Å². The van der Waals surface area contributed by atoms with Crippen LogP contribution >= 0.6 is 0 Å². The number of hydrogen-bond acceptors (Lipinski definition) is 3. The smallest absolute Gasteiger partial charge is 0.238 e. The summed E-state index contributed by atoms with van der Waals surface area (Å²) in [6, 6.07) is 9.96. The second-order valence-corrected chi connectivity index (χ2v) is 4.77. The number of nitrogen functional groups attached to an aromatic ring is 1. The normalized spacial score (nSPS) is 11.8. The number of nitrogens with two attached hydrogens (primary N) is 2. The Kier molecular flexibility index (Phi) is 2.13. The molecule has 0 aromatic heterocycles. The van der Waals surface area contributed by atoms with Crippen LogP contribution in [0.25, 0.3) is 10.8 Å². The van der Waals surface area contributed by atoms with Crippen LogP contribution in [0.1, 0.15) is 0 Å². The van der Waals surface area contributed by atoms with Crippen LogP contribution in [0, 0.1) is 0 Å². The maximum atomic E-state index is 11.3. The second-order valence-electron chi connectivity index (χ2n) is 3.24. The Bertz CT molecular complexity index is 620. The molecule has 78 valence electrons. The summed E-state index contributed by atoms with van der Waals surface area (Å²) >= 11 is 0. The molecular formula is C10H10N2O2S. The fourth-order valence-electron chi connectivity index (χ4n) is 1.55. The first-order chi connectivity index (χ1) is 7.00. The number of sulfonamides is 1. The fraction of sp³-hybridized carbons (Fsp3) is 0. The Labute approximate surface area is 87.6 Å². The van der Waals surface area contributed by atoms with Gasteiger partial charge in [-0.15, -0.1) is 0 Å². The van der Waals surface area contributed by atoms with Crippen LogP contribution in [0.2, 0.25) is 0 Å². The molecule has 0 aliphatic rings. The molecule has 0 unspecified atom stereocenters. The largest absolute Gasteiger partial charge is 0.398 e. The summed E-state index contributed by atoms with van der Waals surface area (Å²) in [7, 11) is -3.70. The summed E-state index contributed by atoms with van der Waals surface area (Å²) in [4.78, 5) is 0.104. The summed E-state index contributed by atoms with van der Waals surface area (Å²) in [5, 5.41) is 6.36. The molecule has 5 heteroatoms. The van der Waals surface area contributed by atoms with Crippen molar-refractivity contribution >= 4 is 26.5 Å². The number of anilines is 1. The van der Waals surface area contributed by atoms with E-state index in [-0.39, 0.29) is 4.90 Å². The molecule has 0 amide bonds. The minimum atomic E-state index is -3.70. The van der Waals surface area contributed by atoms with Crippen molar-refractivity contribution in [2.24, 2.45) is 5.14 Å². The molecule has 2 aromatic rings. The number of rotatable bonds is 1. The van der Waals surface area contributed by atoms with Gasteiger partial charge < -0.3 is 5.73 Å². The maximum absolute atomic E-state index is 11.3. The van der Waals surface area contributed by atoms with Crippen molar-refractivity contribution in [1.29, 1.82) is 0 Å². The van der Waals surface area contributed by atoms with Crippen LogP contribution in [-0.2, 0) is 10.0 Å². The molecule has 0 fully saturated rings. The zero-order valence-corrected chi connectivity index (χ0v) is 8.66. The summed E-state index contributed by atoms with van der Waals surface area (Å²) in [5.41, 5.74) is 6.27. The van der Waals surface area contributed by atoms with Crippen molar-refractivity contribution in [2.75, 3.05) is 5.73 Å². The van der Waals surface area contributed by atoms with Crippen molar-refractivity contribution in [3.05, 3.63) is 36.4 Å². The quantitative estimate of drug-likeness (QED) is 0.707. The van der Waals surface area contributed by atoms with Gasteiger partial charge in [-0.3, -0.25) is 0 Å². The molecule has 4 nitrogen and oxygen atoms in total. The van der Waals surface area contributed by atoms with Gasteiger partial charge in [0.15, 0.2) is 0 Å². The minimum Gasteiger partial charge on any atom is -0.398 e. The van der Waals surface area contributed by atoms with Crippen molar-refractivity contribution < 1.29 is 8.42 Å². The van der Waals surface area contributed by atoms with E-state index in [1.807, 2.05) is 0 Å². The van der Waals surface area contributed by atoms with Gasteiger partial charge in [0.2, 0.25) is 10.0 Å². The molecule has 0 aliphatic heterocycles. The molecule has 4 N–H and O–H groups in total. The van der Waals surface area contributed by atoms with E-state index in [1.54, 1.807) is 30.3 Å². The molecule has 0 aliphatic carbocycles. The third-order valence-electron chi connectivity index (χ3n) is 2.22. The van der Waals surface area contributed by atoms with E-state index >= 15 is 0 Å². The molecule has 2 aromatic carbocycles. The Morgan fingerprint density at radius 3 is 2.20 bits per heavy atom. The van der Waals surface area contributed by atoms with Gasteiger partial charge in [-0.25, -0.2) is 13.6 Å². The van der Waals surface area contributed by atoms with Crippen LogP contribution < -0.4 is 10.9 Å². The maximum Gasteiger partial charge on any atom is 0.238 e. The van der Waals surface area contributed by atoms with Gasteiger partial charge in [0.25, 0.3) is 0 Å². The van der Waals surface area contributed by atoms with Crippen LogP contribution in [0.5, 0.6) is 0 Å². The lowest BCUT2D eigenvalue weighted by Crippen LogP contribution is -2.12. The highest BCUT2D eigenvalue weighted by atomic mass is 32.2. The Hall–Kier alpha value is -1.59. The molecule has 0 spiro atoms. The van der Waals surface area contributed by atoms with Crippen molar-refractivity contribution in [3.8, 4) is 0 Å². The SMILES string of the molecule is Nc1cccc2c(S(N)(=O)=O)cccc12. The first-order valence-electron chi connectivity index (χ1n) is 4.30. The van der Waals surface area contributed by atoms with E-state index < -0.39 is 10.0 Å². The van der Waals surface area contributed by atoms with Gasteiger partial charge in [-0.1, -0.05) is 24.3 Å². The molecular weight excluding hydrogens is 212 g/mol. The zero-order chi connectivity index (χ0) is 11.1. The van der Waals surface area contributed by atoms with Gasteiger partial charge >= 0.3 is 0 Å². The van der Waals surface area contributed by atoms with E-state index in [1.165, 1.54) is 6.07 Å². The van der Waals surface area contributed by atoms with Crippen LogP contribution in [0.3, 0.4) is 0 Å². The highest BCUT2D eigenvalue weighted by Crippen LogP contribution is 2.25. The monoisotopic (exact) mass is 222 g/mol. The molecule has 15 heavy (non-hydrogen) atoms. The lowest BCUT2D eigenvalue weighted by molar-refractivity contribution is 0.598. The third-order valence-corrected chi connectivity index (χ3v) is 3.19. The van der Waals surface area contributed by atoms with Crippen molar-refractivity contribution in [2.45, 2.75) is 4.90 Å². The van der Waals surface area contributed by atoms with Gasteiger partial charge in [0.05, 0.1) is 4.90 Å². The van der Waals surface area contributed by atoms with E-state index in [4.69, 9.17) is 10.9 Å². The van der Waals surface area contributed by atoms with Gasteiger partial charge in [0.1, 0.15) is 0 Å². The second kappa shape index (κ2) is 3.22. The molecule has 0 radical (unpaired) electrons. The van der Waals surface area contributed by atoms with E-state index in [2.05, 4.69) is 0 Å². The van der Waals surface area contributed by atoms with Crippen LogP contribution in [0.15, 0.2) is 41.3 Å². The predicted molar refractivity (Wildman–Crippen MR) is 59.7 cm³/mol. The molecule has 2 rings (SSSR count). The average molecular weight is 222 g/mol. The molecule has 0 saturated carbocycles. The van der Waals surface area contributed by atoms with E-state index in [0.717, 1.165) is 0 Å². The van der Waals surface area contributed by atoms with Gasteiger partial charge in [-0.05, 0) is 12.1 Å². The van der Waals surface area contributed by atoms with Crippen molar-refractivity contribution in [3.63, 3.8) is 0 Å². The Balaban J connectivity index is 2.96.